The zero-order chi connectivity index (χ0) is 11.2. The van der Waals surface area contributed by atoms with Crippen LogP contribution in [0.25, 0.3) is 0 Å². The Morgan fingerprint density at radius 1 is 1.60 bits per heavy atom. The standard InChI is InChI=1S/C8H13NO6/c1-4(9(12)13)8(11)3-15-6-5(10)2-14-7(6)8/h4-7,10-11H,2-3H2,1H3/t4-,5-,6-,7+,8+/m1/s1. The van der Waals surface area contributed by atoms with E-state index in [9.17, 15) is 20.3 Å². The third-order valence-corrected chi connectivity index (χ3v) is 3.16. The second-order valence-corrected chi connectivity index (χ2v) is 4.05. The second-order valence-electron chi connectivity index (χ2n) is 4.05. The van der Waals surface area contributed by atoms with Gasteiger partial charge in [-0.05, 0) is 0 Å². The van der Waals surface area contributed by atoms with Crippen LogP contribution in [0.15, 0.2) is 0 Å². The Hall–Kier alpha value is -0.760. The van der Waals surface area contributed by atoms with Crippen molar-refractivity contribution in [2.45, 2.75) is 36.9 Å². The van der Waals surface area contributed by atoms with E-state index in [4.69, 9.17) is 9.47 Å². The number of ether oxygens (including phenoxy) is 2. The molecule has 2 aliphatic heterocycles. The summed E-state index contributed by atoms with van der Waals surface area (Å²) in [5.41, 5.74) is -1.65. The van der Waals surface area contributed by atoms with E-state index in [1.54, 1.807) is 0 Å². The number of rotatable bonds is 2. The first kappa shape index (κ1) is 10.7. The molecule has 7 heteroatoms. The Kier molecular flexibility index (Phi) is 2.42. The lowest BCUT2D eigenvalue weighted by Crippen LogP contribution is -2.54. The highest BCUT2D eigenvalue weighted by molar-refractivity contribution is 5.06. The monoisotopic (exact) mass is 219 g/mol. The minimum absolute atomic E-state index is 0.0437. The fourth-order valence-electron chi connectivity index (χ4n) is 2.07. The fraction of sp³-hybridized carbons (Fsp3) is 1.00. The average Bonchev–Trinajstić information content (AvgIpc) is 2.70. The predicted molar refractivity (Wildman–Crippen MR) is 46.9 cm³/mol. The van der Waals surface area contributed by atoms with Gasteiger partial charge >= 0.3 is 0 Å². The largest absolute Gasteiger partial charge is 0.388 e. The second kappa shape index (κ2) is 3.38. The summed E-state index contributed by atoms with van der Waals surface area (Å²) >= 11 is 0. The van der Waals surface area contributed by atoms with Crippen molar-refractivity contribution in [3.8, 4) is 0 Å². The summed E-state index contributed by atoms with van der Waals surface area (Å²) in [5.74, 6) is 0. The topological polar surface area (TPSA) is 102 Å². The van der Waals surface area contributed by atoms with E-state index in [1.165, 1.54) is 6.92 Å². The first-order valence-electron chi connectivity index (χ1n) is 4.74. The van der Waals surface area contributed by atoms with Crippen molar-refractivity contribution >= 4 is 0 Å². The third-order valence-electron chi connectivity index (χ3n) is 3.16. The highest BCUT2D eigenvalue weighted by Gasteiger charge is 2.62. The lowest BCUT2D eigenvalue weighted by molar-refractivity contribution is -0.543. The SMILES string of the molecule is C[C@@H]([N+](=O)[O-])[C@@]1(O)CO[C@@H]2[C@H](O)CO[C@@H]21. The van der Waals surface area contributed by atoms with E-state index in [1.807, 2.05) is 0 Å². The van der Waals surface area contributed by atoms with Crippen molar-refractivity contribution in [2.75, 3.05) is 13.2 Å². The van der Waals surface area contributed by atoms with Crippen molar-refractivity contribution in [3.05, 3.63) is 10.1 Å². The van der Waals surface area contributed by atoms with Crippen LogP contribution in [-0.4, -0.2) is 58.3 Å². The lowest BCUT2D eigenvalue weighted by atomic mass is 9.89. The molecule has 0 aliphatic carbocycles. The van der Waals surface area contributed by atoms with E-state index in [-0.39, 0.29) is 13.2 Å². The van der Waals surface area contributed by atoms with E-state index in [0.29, 0.717) is 0 Å². The molecule has 2 heterocycles. The summed E-state index contributed by atoms with van der Waals surface area (Å²) in [6, 6.07) is -1.18. The molecular formula is C8H13NO6. The molecule has 5 atom stereocenters. The Labute approximate surface area is 85.8 Å². The van der Waals surface area contributed by atoms with Gasteiger partial charge in [0, 0.05) is 11.8 Å². The molecule has 0 amide bonds. The van der Waals surface area contributed by atoms with Crippen molar-refractivity contribution in [3.63, 3.8) is 0 Å². The van der Waals surface area contributed by atoms with Gasteiger partial charge in [0.1, 0.15) is 18.3 Å². The van der Waals surface area contributed by atoms with E-state index in [2.05, 4.69) is 0 Å². The van der Waals surface area contributed by atoms with E-state index in [0.717, 1.165) is 0 Å². The summed E-state index contributed by atoms with van der Waals surface area (Å²) in [6.07, 6.45) is -2.28. The summed E-state index contributed by atoms with van der Waals surface area (Å²) in [5, 5.41) is 30.2. The molecule has 2 rings (SSSR count). The molecule has 15 heavy (non-hydrogen) atoms. The number of aliphatic hydroxyl groups excluding tert-OH is 1. The normalized spacial score (nSPS) is 46.5. The Bertz CT molecular complexity index is 284. The summed E-state index contributed by atoms with van der Waals surface area (Å²) < 4.78 is 10.3. The van der Waals surface area contributed by atoms with Gasteiger partial charge < -0.3 is 19.7 Å². The van der Waals surface area contributed by atoms with Gasteiger partial charge in [-0.3, -0.25) is 10.1 Å². The van der Waals surface area contributed by atoms with Crippen LogP contribution in [0.3, 0.4) is 0 Å². The quantitative estimate of drug-likeness (QED) is 0.434. The molecule has 0 radical (unpaired) electrons. The highest BCUT2D eigenvalue weighted by Crippen LogP contribution is 2.36. The maximum absolute atomic E-state index is 10.6. The molecule has 0 unspecified atom stereocenters. The van der Waals surface area contributed by atoms with Crippen LogP contribution in [0, 0.1) is 10.1 Å². The van der Waals surface area contributed by atoms with Gasteiger partial charge in [0.25, 0.3) is 0 Å². The maximum Gasteiger partial charge on any atom is 0.243 e. The van der Waals surface area contributed by atoms with Crippen LogP contribution >= 0.6 is 0 Å². The van der Waals surface area contributed by atoms with Crippen LogP contribution in [0.1, 0.15) is 6.92 Å². The molecule has 2 saturated heterocycles. The molecule has 0 aromatic carbocycles. The maximum atomic E-state index is 10.6. The number of hydrogen-bond donors (Lipinski definition) is 2. The van der Waals surface area contributed by atoms with Gasteiger partial charge in [0.15, 0.2) is 5.60 Å². The molecule has 0 saturated carbocycles. The molecule has 0 aromatic heterocycles. The first-order chi connectivity index (χ1) is 6.97. The van der Waals surface area contributed by atoms with Crippen LogP contribution in [0.4, 0.5) is 0 Å². The summed E-state index contributed by atoms with van der Waals surface area (Å²) in [4.78, 5) is 10.1. The summed E-state index contributed by atoms with van der Waals surface area (Å²) in [7, 11) is 0. The third kappa shape index (κ3) is 1.43. The molecule has 2 N–H and O–H groups in total. The number of hydrogen-bond acceptors (Lipinski definition) is 6. The van der Waals surface area contributed by atoms with Gasteiger partial charge in [-0.15, -0.1) is 0 Å². The van der Waals surface area contributed by atoms with Crippen molar-refractivity contribution in [2.24, 2.45) is 0 Å². The molecule has 7 nitrogen and oxygen atoms in total. The van der Waals surface area contributed by atoms with Crippen molar-refractivity contribution in [1.29, 1.82) is 0 Å². The molecule has 0 aromatic rings. The fourth-order valence-corrected chi connectivity index (χ4v) is 2.07. The average molecular weight is 219 g/mol. The first-order valence-corrected chi connectivity index (χ1v) is 4.74. The zero-order valence-electron chi connectivity index (χ0n) is 8.20. The molecular weight excluding hydrogens is 206 g/mol. The minimum Gasteiger partial charge on any atom is -0.388 e. The Balaban J connectivity index is 2.20. The predicted octanol–water partition coefficient (Wildman–Crippen LogP) is -1.46. The summed E-state index contributed by atoms with van der Waals surface area (Å²) in [6.45, 7) is 1.17. The number of aliphatic hydroxyl groups is 2. The molecule has 86 valence electrons. The van der Waals surface area contributed by atoms with Gasteiger partial charge in [0.2, 0.25) is 6.04 Å². The Morgan fingerprint density at radius 3 is 2.87 bits per heavy atom. The van der Waals surface area contributed by atoms with Gasteiger partial charge in [0.05, 0.1) is 13.2 Å². The van der Waals surface area contributed by atoms with E-state index < -0.39 is 34.9 Å². The number of fused-ring (bicyclic) bond motifs is 1. The van der Waals surface area contributed by atoms with E-state index >= 15 is 0 Å². The Morgan fingerprint density at radius 2 is 2.27 bits per heavy atom. The van der Waals surface area contributed by atoms with Crippen molar-refractivity contribution < 1.29 is 24.6 Å². The van der Waals surface area contributed by atoms with Crippen LogP contribution in [0.5, 0.6) is 0 Å². The highest BCUT2D eigenvalue weighted by atomic mass is 16.6. The van der Waals surface area contributed by atoms with Crippen molar-refractivity contribution in [1.82, 2.24) is 0 Å². The van der Waals surface area contributed by atoms with Crippen LogP contribution < -0.4 is 0 Å². The van der Waals surface area contributed by atoms with Gasteiger partial charge in [-0.25, -0.2) is 0 Å². The molecule has 0 spiro atoms. The smallest absolute Gasteiger partial charge is 0.243 e. The van der Waals surface area contributed by atoms with Gasteiger partial charge in [-0.1, -0.05) is 0 Å². The minimum atomic E-state index is -1.65. The van der Waals surface area contributed by atoms with Crippen LogP contribution in [0.2, 0.25) is 0 Å². The molecule has 2 aliphatic rings. The number of nitrogens with zero attached hydrogens (tertiary/aromatic N) is 1. The molecule has 0 bridgehead atoms. The molecule has 2 fully saturated rings. The van der Waals surface area contributed by atoms with Gasteiger partial charge in [-0.2, -0.15) is 0 Å². The van der Waals surface area contributed by atoms with Crippen LogP contribution in [-0.2, 0) is 9.47 Å². The lowest BCUT2D eigenvalue weighted by Gasteiger charge is -2.26. The zero-order valence-corrected chi connectivity index (χ0v) is 8.20. The number of nitro groups is 1.